The summed E-state index contributed by atoms with van der Waals surface area (Å²) in [7, 11) is 3.12. The molecule has 0 aliphatic carbocycles. The zero-order chi connectivity index (χ0) is 22.5. The van der Waals surface area contributed by atoms with E-state index in [2.05, 4.69) is 10.4 Å². The monoisotopic (exact) mass is 424 g/mol. The highest BCUT2D eigenvalue weighted by molar-refractivity contribution is 6.01. The molecule has 3 rings (SSSR count). The predicted octanol–water partition coefficient (Wildman–Crippen LogP) is 3.28. The first kappa shape index (κ1) is 22.0. The number of rotatable bonds is 7. The van der Waals surface area contributed by atoms with Gasteiger partial charge in [0.05, 0.1) is 24.9 Å². The largest absolute Gasteiger partial charge is 0.497 e. The van der Waals surface area contributed by atoms with Crippen molar-refractivity contribution in [1.82, 2.24) is 20.0 Å². The number of amides is 2. The molecule has 0 saturated heterocycles. The second kappa shape index (κ2) is 9.42. The van der Waals surface area contributed by atoms with Crippen LogP contribution in [0.15, 0.2) is 54.7 Å². The van der Waals surface area contributed by atoms with E-state index in [0.717, 1.165) is 0 Å². The van der Waals surface area contributed by atoms with E-state index < -0.39 is 0 Å². The third kappa shape index (κ3) is 5.28. The maximum Gasteiger partial charge on any atom is 0.257 e. The number of likely N-dealkylation sites (N-methyl/N-ethyl adjacent to an activating group) is 1. The lowest BCUT2D eigenvalue weighted by Gasteiger charge is -2.18. The SMILES string of the molecule is COc1cccc(-c2nn(-c3ccc(F)cc3)cc2C(=O)N(C)CC(=O)NC(C)C)c1. The van der Waals surface area contributed by atoms with Crippen LogP contribution in [0.3, 0.4) is 0 Å². The minimum atomic E-state index is -0.365. The van der Waals surface area contributed by atoms with Gasteiger partial charge in [-0.25, -0.2) is 9.07 Å². The predicted molar refractivity (Wildman–Crippen MR) is 116 cm³/mol. The average molecular weight is 424 g/mol. The molecule has 0 fully saturated rings. The van der Waals surface area contributed by atoms with Gasteiger partial charge in [0, 0.05) is 24.8 Å². The maximum atomic E-state index is 13.3. The van der Waals surface area contributed by atoms with Crippen molar-refractivity contribution < 1.29 is 18.7 Å². The second-order valence-corrected chi connectivity index (χ2v) is 7.43. The van der Waals surface area contributed by atoms with E-state index in [4.69, 9.17) is 4.74 Å². The number of nitrogens with one attached hydrogen (secondary N) is 1. The number of hydrogen-bond donors (Lipinski definition) is 1. The Morgan fingerprint density at radius 1 is 1.19 bits per heavy atom. The Kier molecular flexibility index (Phi) is 6.69. The van der Waals surface area contributed by atoms with Gasteiger partial charge in [-0.1, -0.05) is 12.1 Å². The molecule has 0 bridgehead atoms. The summed E-state index contributed by atoms with van der Waals surface area (Å²) in [5.41, 5.74) is 2.04. The lowest BCUT2D eigenvalue weighted by molar-refractivity contribution is -0.122. The summed E-state index contributed by atoms with van der Waals surface area (Å²) in [5.74, 6) is -0.349. The molecule has 0 aliphatic heterocycles. The second-order valence-electron chi connectivity index (χ2n) is 7.43. The molecule has 0 radical (unpaired) electrons. The molecule has 162 valence electrons. The topological polar surface area (TPSA) is 76.5 Å². The summed E-state index contributed by atoms with van der Waals surface area (Å²) < 4.78 is 20.2. The van der Waals surface area contributed by atoms with E-state index in [0.29, 0.717) is 28.3 Å². The number of methoxy groups -OCH3 is 1. The number of ether oxygens (including phenoxy) is 1. The van der Waals surface area contributed by atoms with Crippen molar-refractivity contribution in [2.24, 2.45) is 0 Å². The third-order valence-electron chi connectivity index (χ3n) is 4.56. The number of carbonyl (C=O) groups is 2. The normalized spacial score (nSPS) is 10.8. The molecule has 0 aliphatic rings. The summed E-state index contributed by atoms with van der Waals surface area (Å²) in [4.78, 5) is 26.7. The standard InChI is InChI=1S/C23H25FN4O3/c1-15(2)25-21(29)14-27(3)23(30)20-13-28(18-10-8-17(24)9-11-18)26-22(20)16-6-5-7-19(12-16)31-4/h5-13,15H,14H2,1-4H3,(H,25,29). The lowest BCUT2D eigenvalue weighted by Crippen LogP contribution is -2.40. The number of halogens is 1. The van der Waals surface area contributed by atoms with Crippen LogP contribution >= 0.6 is 0 Å². The van der Waals surface area contributed by atoms with Crippen LogP contribution in [0.4, 0.5) is 4.39 Å². The fraction of sp³-hybridized carbons (Fsp3) is 0.261. The van der Waals surface area contributed by atoms with Gasteiger partial charge in [-0.3, -0.25) is 9.59 Å². The molecule has 7 nitrogen and oxygen atoms in total. The molecule has 2 amide bonds. The first-order valence-electron chi connectivity index (χ1n) is 9.83. The van der Waals surface area contributed by atoms with Crippen molar-refractivity contribution in [3.63, 3.8) is 0 Å². The van der Waals surface area contributed by atoms with Crippen LogP contribution in [0.1, 0.15) is 24.2 Å². The zero-order valence-corrected chi connectivity index (χ0v) is 17.9. The molecular formula is C23H25FN4O3. The van der Waals surface area contributed by atoms with Crippen LogP contribution in [0.25, 0.3) is 16.9 Å². The van der Waals surface area contributed by atoms with Crippen LogP contribution in [-0.4, -0.2) is 53.2 Å². The average Bonchev–Trinajstić information content (AvgIpc) is 3.18. The van der Waals surface area contributed by atoms with E-state index in [-0.39, 0.29) is 30.2 Å². The Labute approximate surface area is 180 Å². The molecule has 1 N–H and O–H groups in total. The number of carbonyl (C=O) groups excluding carboxylic acids is 2. The van der Waals surface area contributed by atoms with Crippen molar-refractivity contribution in [3.05, 3.63) is 66.1 Å². The van der Waals surface area contributed by atoms with Crippen molar-refractivity contribution in [2.75, 3.05) is 20.7 Å². The highest BCUT2D eigenvalue weighted by atomic mass is 19.1. The Hall–Kier alpha value is -3.68. The summed E-state index contributed by atoms with van der Waals surface area (Å²) in [6.07, 6.45) is 1.58. The Morgan fingerprint density at radius 2 is 1.90 bits per heavy atom. The van der Waals surface area contributed by atoms with Crippen LogP contribution in [-0.2, 0) is 4.79 Å². The summed E-state index contributed by atoms with van der Waals surface area (Å²) >= 11 is 0. The Bertz CT molecular complexity index is 1080. The minimum absolute atomic E-state index is 0.0235. The van der Waals surface area contributed by atoms with Crippen molar-refractivity contribution in [2.45, 2.75) is 19.9 Å². The first-order chi connectivity index (χ1) is 14.8. The molecule has 0 saturated carbocycles. The summed E-state index contributed by atoms with van der Waals surface area (Å²) in [6.45, 7) is 3.62. The fourth-order valence-electron chi connectivity index (χ4n) is 3.10. The number of benzene rings is 2. The van der Waals surface area contributed by atoms with Gasteiger partial charge in [0.15, 0.2) is 0 Å². The first-order valence-corrected chi connectivity index (χ1v) is 9.83. The Morgan fingerprint density at radius 3 is 2.55 bits per heavy atom. The van der Waals surface area contributed by atoms with Gasteiger partial charge >= 0.3 is 0 Å². The molecule has 31 heavy (non-hydrogen) atoms. The fourth-order valence-corrected chi connectivity index (χ4v) is 3.10. The van der Waals surface area contributed by atoms with E-state index in [9.17, 15) is 14.0 Å². The van der Waals surface area contributed by atoms with Crippen molar-refractivity contribution in [3.8, 4) is 22.7 Å². The zero-order valence-electron chi connectivity index (χ0n) is 17.9. The number of aromatic nitrogens is 2. The van der Waals surface area contributed by atoms with E-state index in [1.54, 1.807) is 50.7 Å². The van der Waals surface area contributed by atoms with E-state index in [1.165, 1.54) is 21.7 Å². The molecule has 8 heteroatoms. The van der Waals surface area contributed by atoms with Gasteiger partial charge in [0.25, 0.3) is 5.91 Å². The molecule has 1 aromatic heterocycles. The van der Waals surface area contributed by atoms with Crippen molar-refractivity contribution in [1.29, 1.82) is 0 Å². The molecule has 1 heterocycles. The van der Waals surface area contributed by atoms with Gasteiger partial charge in [-0.05, 0) is 50.2 Å². The quantitative estimate of drug-likeness (QED) is 0.632. The molecular weight excluding hydrogens is 399 g/mol. The van der Waals surface area contributed by atoms with Crippen LogP contribution in [0, 0.1) is 5.82 Å². The molecule has 0 unspecified atom stereocenters. The van der Waals surface area contributed by atoms with Gasteiger partial charge in [-0.2, -0.15) is 5.10 Å². The van der Waals surface area contributed by atoms with Gasteiger partial charge in [-0.15, -0.1) is 0 Å². The molecule has 2 aromatic carbocycles. The van der Waals surface area contributed by atoms with Crippen LogP contribution < -0.4 is 10.1 Å². The maximum absolute atomic E-state index is 13.3. The smallest absolute Gasteiger partial charge is 0.257 e. The highest BCUT2D eigenvalue weighted by Crippen LogP contribution is 2.27. The summed E-state index contributed by atoms with van der Waals surface area (Å²) in [5, 5.41) is 7.35. The number of nitrogens with zero attached hydrogens (tertiary/aromatic N) is 3. The van der Waals surface area contributed by atoms with Gasteiger partial charge in [0.2, 0.25) is 5.91 Å². The van der Waals surface area contributed by atoms with Crippen LogP contribution in [0.2, 0.25) is 0 Å². The van der Waals surface area contributed by atoms with E-state index >= 15 is 0 Å². The van der Waals surface area contributed by atoms with Crippen LogP contribution in [0.5, 0.6) is 5.75 Å². The van der Waals surface area contributed by atoms with Gasteiger partial charge < -0.3 is 15.0 Å². The number of hydrogen-bond acceptors (Lipinski definition) is 4. The molecule has 0 spiro atoms. The van der Waals surface area contributed by atoms with Gasteiger partial charge in [0.1, 0.15) is 17.3 Å². The highest BCUT2D eigenvalue weighted by Gasteiger charge is 2.23. The van der Waals surface area contributed by atoms with Crippen molar-refractivity contribution >= 4 is 11.8 Å². The summed E-state index contributed by atoms with van der Waals surface area (Å²) in [6, 6.07) is 13.0. The molecule has 3 aromatic rings. The Balaban J connectivity index is 2.01. The van der Waals surface area contributed by atoms with E-state index in [1.807, 2.05) is 19.9 Å². The lowest BCUT2D eigenvalue weighted by atomic mass is 10.1. The minimum Gasteiger partial charge on any atom is -0.497 e. The third-order valence-corrected chi connectivity index (χ3v) is 4.56. The molecule has 0 atom stereocenters.